The van der Waals surface area contributed by atoms with Gasteiger partial charge in [0.2, 0.25) is 11.7 Å². The van der Waals surface area contributed by atoms with Gasteiger partial charge in [-0.15, -0.1) is 0 Å². The molecule has 1 aliphatic heterocycles. The Morgan fingerprint density at radius 2 is 1.52 bits per heavy atom. The molecule has 3 aromatic rings. The number of rotatable bonds is 12. The average Bonchev–Trinajstić information content (AvgIpc) is 3.06. The van der Waals surface area contributed by atoms with Gasteiger partial charge in [0.1, 0.15) is 5.60 Å². The van der Waals surface area contributed by atoms with E-state index in [9.17, 15) is 19.2 Å². The van der Waals surface area contributed by atoms with Gasteiger partial charge in [0.15, 0.2) is 12.2 Å². The molecule has 1 aliphatic rings. The zero-order valence-electron chi connectivity index (χ0n) is 28.8. The second-order valence-corrected chi connectivity index (χ2v) is 13.7. The van der Waals surface area contributed by atoms with Crippen molar-refractivity contribution in [2.75, 3.05) is 13.1 Å². The molecule has 0 aliphatic carbocycles. The van der Waals surface area contributed by atoms with Crippen LogP contribution in [0.3, 0.4) is 0 Å². The summed E-state index contributed by atoms with van der Waals surface area (Å²) in [5.41, 5.74) is 1.37. The third-order valence-corrected chi connectivity index (χ3v) is 8.28. The number of alkyl carbamates (subject to hydrolysis) is 1. The van der Waals surface area contributed by atoms with Crippen LogP contribution in [0.15, 0.2) is 90.7 Å². The van der Waals surface area contributed by atoms with Crippen molar-refractivity contribution in [2.24, 2.45) is 0 Å². The number of hydrogen-bond donors (Lipinski definition) is 2. The Balaban J connectivity index is 1.71. The minimum atomic E-state index is -1.43. The van der Waals surface area contributed by atoms with Crippen LogP contribution in [0.25, 0.3) is 0 Å². The Hall–Kier alpha value is -4.54. The van der Waals surface area contributed by atoms with Crippen LogP contribution in [0, 0.1) is 0 Å². The maximum Gasteiger partial charge on any atom is 0.408 e. The molecule has 3 amide bonds. The first kappa shape index (κ1) is 38.3. The molecule has 3 atom stereocenters. The fourth-order valence-corrected chi connectivity index (χ4v) is 6.01. The molecule has 2 N–H and O–H groups in total. The van der Waals surface area contributed by atoms with Gasteiger partial charge in [0.25, 0.3) is 5.91 Å². The van der Waals surface area contributed by atoms with Crippen LogP contribution in [-0.2, 0) is 35.0 Å². The Kier molecular flexibility index (Phi) is 13.3. The first-order chi connectivity index (χ1) is 23.8. The second-order valence-electron chi connectivity index (χ2n) is 12.9. The third kappa shape index (κ3) is 10.7. The fraction of sp³-hybridized carbons (Fsp3) is 0.368. The molecule has 3 aromatic carbocycles. The smallest absolute Gasteiger partial charge is 0.408 e. The molecule has 0 radical (unpaired) electrons. The monoisotopic (exact) mass is 723 g/mol. The molecule has 1 heterocycles. The van der Waals surface area contributed by atoms with Gasteiger partial charge >= 0.3 is 12.1 Å². The number of carbonyl (C=O) groups excluding carboxylic acids is 4. The molecule has 0 unspecified atom stereocenters. The number of ether oxygens (including phenoxy) is 3. The van der Waals surface area contributed by atoms with Crippen LogP contribution in [0.4, 0.5) is 4.79 Å². The summed E-state index contributed by atoms with van der Waals surface area (Å²) in [6, 6.07) is 21.3. The molecule has 266 valence electrons. The van der Waals surface area contributed by atoms with E-state index in [1.165, 1.54) is 13.0 Å². The van der Waals surface area contributed by atoms with Crippen molar-refractivity contribution < 1.29 is 33.4 Å². The van der Waals surface area contributed by atoms with Crippen molar-refractivity contribution in [3.8, 4) is 0 Å². The highest BCUT2D eigenvalue weighted by Crippen LogP contribution is 2.30. The number of esters is 1. The summed E-state index contributed by atoms with van der Waals surface area (Å²) in [5, 5.41) is 6.43. The maximum absolute atomic E-state index is 14.4. The Labute approximate surface area is 303 Å². The van der Waals surface area contributed by atoms with E-state index in [1.807, 2.05) is 67.6 Å². The van der Waals surface area contributed by atoms with Crippen molar-refractivity contribution in [1.82, 2.24) is 15.5 Å². The van der Waals surface area contributed by atoms with Crippen LogP contribution in [-0.4, -0.2) is 65.7 Å². The number of amides is 3. The van der Waals surface area contributed by atoms with Gasteiger partial charge in [0, 0.05) is 30.1 Å². The summed E-state index contributed by atoms with van der Waals surface area (Å²) in [6.07, 6.45) is -0.706. The summed E-state index contributed by atoms with van der Waals surface area (Å²) < 4.78 is 17.7. The Morgan fingerprint density at radius 3 is 2.06 bits per heavy atom. The molecule has 10 nitrogen and oxygen atoms in total. The van der Waals surface area contributed by atoms with Gasteiger partial charge in [-0.2, -0.15) is 0 Å². The van der Waals surface area contributed by atoms with Crippen LogP contribution >= 0.6 is 23.2 Å². The summed E-state index contributed by atoms with van der Waals surface area (Å²) in [5.74, 6) is -2.16. The predicted octanol–water partition coefficient (Wildman–Crippen LogP) is 6.79. The molecule has 12 heteroatoms. The molecule has 0 fully saturated rings. The molecule has 4 rings (SSSR count). The lowest BCUT2D eigenvalue weighted by atomic mass is 9.96. The highest BCUT2D eigenvalue weighted by molar-refractivity contribution is 6.35. The van der Waals surface area contributed by atoms with Gasteiger partial charge in [-0.05, 0) is 68.5 Å². The topological polar surface area (TPSA) is 123 Å². The second kappa shape index (κ2) is 17.4. The van der Waals surface area contributed by atoms with Crippen LogP contribution in [0.2, 0.25) is 10.0 Å². The van der Waals surface area contributed by atoms with E-state index in [0.717, 1.165) is 5.56 Å². The Morgan fingerprint density at radius 1 is 0.900 bits per heavy atom. The fourth-order valence-electron chi connectivity index (χ4n) is 5.51. The third-order valence-electron chi connectivity index (χ3n) is 7.70. The van der Waals surface area contributed by atoms with E-state index in [4.69, 9.17) is 37.4 Å². The van der Waals surface area contributed by atoms with Crippen molar-refractivity contribution in [3.05, 3.63) is 117 Å². The first-order valence-electron chi connectivity index (χ1n) is 16.4. The average molecular weight is 725 g/mol. The van der Waals surface area contributed by atoms with E-state index >= 15 is 0 Å². The summed E-state index contributed by atoms with van der Waals surface area (Å²) >= 11 is 12.5. The lowest BCUT2D eigenvalue weighted by molar-refractivity contribution is -0.154. The molecule has 50 heavy (non-hydrogen) atoms. The van der Waals surface area contributed by atoms with E-state index < -0.39 is 53.8 Å². The lowest BCUT2D eigenvalue weighted by Gasteiger charge is -2.39. The zero-order chi connectivity index (χ0) is 36.4. The van der Waals surface area contributed by atoms with Crippen LogP contribution < -0.4 is 10.6 Å². The van der Waals surface area contributed by atoms with Crippen molar-refractivity contribution in [3.63, 3.8) is 0 Å². The summed E-state index contributed by atoms with van der Waals surface area (Å²) in [4.78, 5) is 55.5. The lowest BCUT2D eigenvalue weighted by Crippen LogP contribution is -2.63. The highest BCUT2D eigenvalue weighted by Gasteiger charge is 2.45. The van der Waals surface area contributed by atoms with Crippen molar-refractivity contribution >= 4 is 47.1 Å². The zero-order valence-corrected chi connectivity index (χ0v) is 30.3. The number of nitrogens with zero attached hydrogens (tertiary/aromatic N) is 1. The summed E-state index contributed by atoms with van der Waals surface area (Å²) in [6.45, 7) is 8.91. The van der Waals surface area contributed by atoms with Crippen LogP contribution in [0.5, 0.6) is 0 Å². The van der Waals surface area contributed by atoms with E-state index in [-0.39, 0.29) is 12.3 Å². The highest BCUT2D eigenvalue weighted by atomic mass is 35.5. The predicted molar refractivity (Wildman–Crippen MR) is 192 cm³/mol. The molecule has 0 aromatic heterocycles. The number of halogens is 2. The maximum atomic E-state index is 14.4. The number of carbonyl (C=O) groups is 4. The minimum Gasteiger partial charge on any atom is -0.471 e. The molecular weight excluding hydrogens is 681 g/mol. The molecule has 0 spiro atoms. The van der Waals surface area contributed by atoms with Crippen LogP contribution in [0.1, 0.15) is 63.8 Å². The first-order valence-corrected chi connectivity index (χ1v) is 17.2. The SMILES string of the molecule is CCCN(CCc1ccc(Cl)cc1Cl)C(=O)[C@@H]1OC(C(=O)OC(c2ccccc2)c2ccccc2)=C[C@H](NC(=O)OC(C)(C)C)[C@H]1NC(C)=O. The van der Waals surface area contributed by atoms with Crippen molar-refractivity contribution in [2.45, 2.75) is 77.4 Å². The molecule has 0 saturated heterocycles. The Bertz CT molecular complexity index is 1640. The molecular formula is C38H43Cl2N3O7. The van der Waals surface area contributed by atoms with Gasteiger partial charge < -0.3 is 29.7 Å². The minimum absolute atomic E-state index is 0.248. The normalized spacial score (nSPS) is 17.2. The van der Waals surface area contributed by atoms with Crippen molar-refractivity contribution in [1.29, 1.82) is 0 Å². The molecule has 0 saturated carbocycles. The standard InChI is InChI=1S/C38H43Cl2N3O7/c1-6-20-43(21-19-25-17-18-28(39)22-29(25)40)35(45)34-32(41-24(2)44)30(42-37(47)50-38(3,4)5)23-31(48-34)36(46)49-33(26-13-9-7-10-14-26)27-15-11-8-12-16-27/h7-18,22-23,30,32-34H,6,19-21H2,1-5H3,(H,41,44)(H,42,47)/t30-,32+,34+/m0/s1. The van der Waals surface area contributed by atoms with E-state index in [2.05, 4.69) is 10.6 Å². The van der Waals surface area contributed by atoms with E-state index in [0.29, 0.717) is 40.6 Å². The van der Waals surface area contributed by atoms with E-state index in [1.54, 1.807) is 43.9 Å². The van der Waals surface area contributed by atoms with Gasteiger partial charge in [0.05, 0.1) is 12.1 Å². The number of benzene rings is 3. The van der Waals surface area contributed by atoms with Gasteiger partial charge in [-0.1, -0.05) is 96.9 Å². The molecule has 0 bridgehead atoms. The quantitative estimate of drug-likeness (QED) is 0.197. The number of hydrogen-bond acceptors (Lipinski definition) is 7. The van der Waals surface area contributed by atoms with Gasteiger partial charge in [-0.25, -0.2) is 9.59 Å². The summed E-state index contributed by atoms with van der Waals surface area (Å²) in [7, 11) is 0. The van der Waals surface area contributed by atoms with Gasteiger partial charge in [-0.3, -0.25) is 9.59 Å². The number of nitrogens with one attached hydrogen (secondary N) is 2. The largest absolute Gasteiger partial charge is 0.471 e.